The lowest BCUT2D eigenvalue weighted by Crippen LogP contribution is -2.45. The highest BCUT2D eigenvalue weighted by molar-refractivity contribution is 5.76. The van der Waals surface area contributed by atoms with Crippen LogP contribution in [0, 0.1) is 0 Å². The number of aliphatic hydroxyl groups is 2. The molecular weight excluding hydrogens is 1070 g/mol. The van der Waals surface area contributed by atoms with Crippen molar-refractivity contribution in [2.24, 2.45) is 0 Å². The van der Waals surface area contributed by atoms with Crippen molar-refractivity contribution in [3.63, 3.8) is 0 Å². The van der Waals surface area contributed by atoms with E-state index >= 15 is 0 Å². The van der Waals surface area contributed by atoms with Gasteiger partial charge in [-0.25, -0.2) is 0 Å². The van der Waals surface area contributed by atoms with Crippen molar-refractivity contribution in [2.45, 2.75) is 482 Å². The maximum absolute atomic E-state index is 12.6. The van der Waals surface area contributed by atoms with Crippen LogP contribution in [0.25, 0.3) is 0 Å². The first-order valence-electron chi connectivity index (χ1n) is 40.4. The van der Waals surface area contributed by atoms with E-state index < -0.39 is 12.1 Å². The molecule has 87 heavy (non-hydrogen) atoms. The van der Waals surface area contributed by atoms with E-state index in [-0.39, 0.29) is 18.5 Å². The van der Waals surface area contributed by atoms with Crippen LogP contribution < -0.4 is 5.32 Å². The minimum Gasteiger partial charge on any atom is -0.466 e. The van der Waals surface area contributed by atoms with Gasteiger partial charge in [-0.1, -0.05) is 424 Å². The van der Waals surface area contributed by atoms with Crippen LogP contribution in [0.15, 0.2) is 12.2 Å². The van der Waals surface area contributed by atoms with Crippen molar-refractivity contribution in [3.8, 4) is 0 Å². The number of carbonyl (C=O) groups is 2. The Kier molecular flexibility index (Phi) is 75.8. The number of hydrogen-bond acceptors (Lipinski definition) is 5. The van der Waals surface area contributed by atoms with Crippen molar-refractivity contribution in [1.29, 1.82) is 0 Å². The Hall–Kier alpha value is -1.40. The molecular formula is C81H159NO5. The molecule has 2 unspecified atom stereocenters. The lowest BCUT2D eigenvalue weighted by molar-refractivity contribution is -0.143. The highest BCUT2D eigenvalue weighted by Crippen LogP contribution is 2.21. The fourth-order valence-electron chi connectivity index (χ4n) is 13.2. The maximum atomic E-state index is 12.6. The van der Waals surface area contributed by atoms with Gasteiger partial charge < -0.3 is 20.3 Å². The number of allylic oxidation sites excluding steroid dienone is 2. The van der Waals surface area contributed by atoms with Crippen molar-refractivity contribution >= 4 is 11.9 Å². The van der Waals surface area contributed by atoms with Gasteiger partial charge in [0.25, 0.3) is 0 Å². The molecule has 6 nitrogen and oxygen atoms in total. The first-order valence-corrected chi connectivity index (χ1v) is 40.4. The summed E-state index contributed by atoms with van der Waals surface area (Å²) >= 11 is 0. The molecule has 0 aliphatic rings. The average molecular weight is 1230 g/mol. The third kappa shape index (κ3) is 73.5. The third-order valence-corrected chi connectivity index (χ3v) is 19.3. The lowest BCUT2D eigenvalue weighted by Gasteiger charge is -2.22. The molecule has 0 spiro atoms. The van der Waals surface area contributed by atoms with E-state index in [1.807, 2.05) is 0 Å². The number of aliphatic hydroxyl groups excluding tert-OH is 2. The average Bonchev–Trinajstić information content (AvgIpc) is 3.54. The van der Waals surface area contributed by atoms with Gasteiger partial charge in [0.1, 0.15) is 0 Å². The largest absolute Gasteiger partial charge is 0.466 e. The minimum atomic E-state index is -0.661. The Morgan fingerprint density at radius 2 is 0.552 bits per heavy atom. The zero-order valence-electron chi connectivity index (χ0n) is 59.5. The van der Waals surface area contributed by atoms with Crippen molar-refractivity contribution in [2.75, 3.05) is 13.2 Å². The van der Waals surface area contributed by atoms with Gasteiger partial charge in [-0.3, -0.25) is 9.59 Å². The van der Waals surface area contributed by atoms with E-state index in [0.29, 0.717) is 25.9 Å². The van der Waals surface area contributed by atoms with Crippen LogP contribution in [-0.2, 0) is 14.3 Å². The van der Waals surface area contributed by atoms with Crippen LogP contribution >= 0.6 is 0 Å². The summed E-state index contributed by atoms with van der Waals surface area (Å²) in [6, 6.07) is -0.538. The predicted molar refractivity (Wildman–Crippen MR) is 384 cm³/mol. The van der Waals surface area contributed by atoms with Crippen LogP contribution in [0.4, 0.5) is 0 Å². The van der Waals surface area contributed by atoms with Gasteiger partial charge in [-0.15, -0.1) is 0 Å². The van der Waals surface area contributed by atoms with Crippen LogP contribution in [-0.4, -0.2) is 47.4 Å². The van der Waals surface area contributed by atoms with Crippen LogP contribution in [0.5, 0.6) is 0 Å². The molecule has 0 saturated carbocycles. The van der Waals surface area contributed by atoms with Gasteiger partial charge in [-0.2, -0.15) is 0 Å². The SMILES string of the molecule is CCCC/C=C\CCCCCCCC(=O)OCCCCCCCCCCCCCCCCCCCCCCCCCCCCCCCCCCCCCC(=O)NC(CO)C(O)CCCCCCCCCCCCCCCCCCCCCCCCCC. The number of unbranched alkanes of at least 4 members (excludes halogenated alkanes) is 64. The summed E-state index contributed by atoms with van der Waals surface area (Å²) < 4.78 is 5.48. The monoisotopic (exact) mass is 1230 g/mol. The van der Waals surface area contributed by atoms with E-state index in [1.54, 1.807) is 0 Å². The summed E-state index contributed by atoms with van der Waals surface area (Å²) in [5.41, 5.74) is 0. The molecule has 0 aliphatic carbocycles. The molecule has 0 rings (SSSR count). The highest BCUT2D eigenvalue weighted by Gasteiger charge is 2.20. The molecule has 0 aliphatic heterocycles. The Morgan fingerprint density at radius 3 is 0.851 bits per heavy atom. The fraction of sp³-hybridized carbons (Fsp3) is 0.951. The van der Waals surface area contributed by atoms with Gasteiger partial charge in [0, 0.05) is 12.8 Å². The Labute approximate surface area is 546 Å². The number of esters is 1. The summed E-state index contributed by atoms with van der Waals surface area (Å²) in [4.78, 5) is 24.6. The molecule has 518 valence electrons. The molecule has 0 saturated heterocycles. The Morgan fingerprint density at radius 1 is 0.310 bits per heavy atom. The molecule has 0 heterocycles. The second-order valence-corrected chi connectivity index (χ2v) is 28.1. The second-order valence-electron chi connectivity index (χ2n) is 28.1. The molecule has 2 atom stereocenters. The zero-order chi connectivity index (χ0) is 62.8. The molecule has 0 aromatic carbocycles. The van der Waals surface area contributed by atoms with Crippen LogP contribution in [0.2, 0.25) is 0 Å². The molecule has 0 fully saturated rings. The van der Waals surface area contributed by atoms with Crippen molar-refractivity contribution in [3.05, 3.63) is 12.2 Å². The van der Waals surface area contributed by atoms with Gasteiger partial charge in [0.15, 0.2) is 0 Å². The van der Waals surface area contributed by atoms with E-state index in [9.17, 15) is 19.8 Å². The number of ether oxygens (including phenoxy) is 1. The summed E-state index contributed by atoms with van der Waals surface area (Å²) in [7, 11) is 0. The number of amides is 1. The third-order valence-electron chi connectivity index (χ3n) is 19.3. The molecule has 3 N–H and O–H groups in total. The smallest absolute Gasteiger partial charge is 0.305 e. The first-order chi connectivity index (χ1) is 43.0. The molecule has 1 amide bonds. The first kappa shape index (κ1) is 85.6. The van der Waals surface area contributed by atoms with E-state index in [0.717, 1.165) is 44.9 Å². The maximum Gasteiger partial charge on any atom is 0.305 e. The summed E-state index contributed by atoms with van der Waals surface area (Å²) in [6.45, 7) is 4.97. The topological polar surface area (TPSA) is 95.9 Å². The quantitative estimate of drug-likeness (QED) is 0.0320. The summed E-state index contributed by atoms with van der Waals surface area (Å²) in [6.07, 6.45) is 97.5. The second kappa shape index (κ2) is 77.1. The normalized spacial score (nSPS) is 12.5. The molecule has 0 aromatic rings. The number of rotatable bonds is 77. The molecule has 0 radical (unpaired) electrons. The summed E-state index contributed by atoms with van der Waals surface area (Å²) in [5, 5.41) is 23.5. The van der Waals surface area contributed by atoms with Gasteiger partial charge in [-0.05, 0) is 44.9 Å². The number of nitrogens with one attached hydrogen (secondary N) is 1. The molecule has 0 aromatic heterocycles. The fourth-order valence-corrected chi connectivity index (χ4v) is 13.2. The Bertz CT molecular complexity index is 1320. The predicted octanol–water partition coefficient (Wildman–Crippen LogP) is 26.7. The number of hydrogen-bond donors (Lipinski definition) is 3. The van der Waals surface area contributed by atoms with Crippen molar-refractivity contribution in [1.82, 2.24) is 5.32 Å². The van der Waals surface area contributed by atoms with E-state index in [2.05, 4.69) is 31.3 Å². The molecule has 0 bridgehead atoms. The van der Waals surface area contributed by atoms with Crippen LogP contribution in [0.3, 0.4) is 0 Å². The van der Waals surface area contributed by atoms with E-state index in [4.69, 9.17) is 4.74 Å². The van der Waals surface area contributed by atoms with Crippen LogP contribution in [0.1, 0.15) is 470 Å². The zero-order valence-corrected chi connectivity index (χ0v) is 59.5. The number of carbonyl (C=O) groups excluding carboxylic acids is 2. The highest BCUT2D eigenvalue weighted by atomic mass is 16.5. The molecule has 6 heteroatoms. The standard InChI is InChI=1S/C81H159NO5/c1-3-5-7-9-11-13-15-16-17-18-19-20-21-35-38-41-44-47-50-54-57-61-65-69-73-79(84)78(77-83)82-80(85)74-70-66-62-58-55-51-48-45-42-39-36-33-31-29-27-25-23-22-24-26-28-30-32-34-37-40-43-46-49-52-56-60-64-68-72-76-87-81(86)75-71-67-63-59-53-14-12-10-8-6-4-2/h10,12,78-79,83-84H,3-9,11,13-77H2,1-2H3,(H,82,85)/b12-10-. The van der Waals surface area contributed by atoms with Gasteiger partial charge >= 0.3 is 5.97 Å². The van der Waals surface area contributed by atoms with Crippen molar-refractivity contribution < 1.29 is 24.5 Å². The van der Waals surface area contributed by atoms with E-state index in [1.165, 1.54) is 392 Å². The van der Waals surface area contributed by atoms with Gasteiger partial charge in [0.05, 0.1) is 25.4 Å². The van der Waals surface area contributed by atoms with Gasteiger partial charge in [0.2, 0.25) is 5.91 Å². The Balaban J connectivity index is 3.32. The minimum absolute atomic E-state index is 0.0125. The lowest BCUT2D eigenvalue weighted by atomic mass is 10.0. The summed E-state index contributed by atoms with van der Waals surface area (Å²) in [5.74, 6) is -0.0108.